The van der Waals surface area contributed by atoms with Gasteiger partial charge in [-0.05, 0) is 24.6 Å². The Balaban J connectivity index is 2.63. The number of hydrogen-bond donors (Lipinski definition) is 1. The third-order valence-corrected chi connectivity index (χ3v) is 4.96. The van der Waals surface area contributed by atoms with Crippen LogP contribution in [0.4, 0.5) is 0 Å². The maximum Gasteiger partial charge on any atom is 0.316 e. The predicted molar refractivity (Wildman–Crippen MR) is 88.1 cm³/mol. The third-order valence-electron chi connectivity index (χ3n) is 4.43. The quantitative estimate of drug-likeness (QED) is 0.616. The molecule has 1 fully saturated rings. The molecule has 7 heteroatoms. The van der Waals surface area contributed by atoms with E-state index in [1.165, 1.54) is 21.1 Å². The summed E-state index contributed by atoms with van der Waals surface area (Å²) in [6.07, 6.45) is -0.320. The number of esters is 2. The molecule has 1 N–H and O–H groups in total. The Hall–Kier alpha value is -1.73. The van der Waals surface area contributed by atoms with E-state index in [4.69, 9.17) is 9.47 Å². The lowest BCUT2D eigenvalue weighted by Gasteiger charge is -2.43. The molecule has 0 amide bonds. The molecule has 130 valence electrons. The SMILES string of the molecule is COC(=O)[C@H]1C(=O)C[C@@](C)(O)[C@@H](C(=O)OC)[C@H]1c1ccc(Br)cc1. The lowest BCUT2D eigenvalue weighted by atomic mass is 9.62. The van der Waals surface area contributed by atoms with Crippen LogP contribution in [0.3, 0.4) is 0 Å². The van der Waals surface area contributed by atoms with Crippen molar-refractivity contribution in [3.63, 3.8) is 0 Å². The van der Waals surface area contributed by atoms with Gasteiger partial charge >= 0.3 is 11.9 Å². The second kappa shape index (κ2) is 7.03. The van der Waals surface area contributed by atoms with Gasteiger partial charge in [-0.25, -0.2) is 0 Å². The number of methoxy groups -OCH3 is 2. The monoisotopic (exact) mass is 398 g/mol. The van der Waals surface area contributed by atoms with Crippen LogP contribution in [-0.4, -0.2) is 42.6 Å². The zero-order chi connectivity index (χ0) is 18.1. The smallest absolute Gasteiger partial charge is 0.316 e. The number of hydrogen-bond acceptors (Lipinski definition) is 6. The maximum absolute atomic E-state index is 12.5. The molecule has 2 rings (SSSR count). The molecular weight excluding hydrogens is 380 g/mol. The van der Waals surface area contributed by atoms with Crippen LogP contribution in [0.25, 0.3) is 0 Å². The van der Waals surface area contributed by atoms with Crippen molar-refractivity contribution in [1.82, 2.24) is 0 Å². The average Bonchev–Trinajstić information content (AvgIpc) is 2.53. The number of rotatable bonds is 3. The standard InChI is InChI=1S/C17H19BrO6/c1-17(22)8-11(19)13(15(20)23-2)12(14(17)16(21)24-3)9-4-6-10(18)7-5-9/h4-7,12-14,22H,8H2,1-3H3/t12-,13-,14+,17+/m0/s1. The molecule has 0 saturated heterocycles. The van der Waals surface area contributed by atoms with Crippen LogP contribution in [0, 0.1) is 11.8 Å². The van der Waals surface area contributed by atoms with Gasteiger partial charge in [0.25, 0.3) is 0 Å². The van der Waals surface area contributed by atoms with Gasteiger partial charge < -0.3 is 14.6 Å². The molecule has 24 heavy (non-hydrogen) atoms. The van der Waals surface area contributed by atoms with E-state index in [0.717, 1.165) is 4.47 Å². The first-order valence-corrected chi connectivity index (χ1v) is 8.18. The first kappa shape index (κ1) is 18.6. The van der Waals surface area contributed by atoms with Gasteiger partial charge in [-0.2, -0.15) is 0 Å². The van der Waals surface area contributed by atoms with E-state index < -0.39 is 41.1 Å². The summed E-state index contributed by atoms with van der Waals surface area (Å²) in [4.78, 5) is 37.0. The first-order chi connectivity index (χ1) is 11.2. The highest BCUT2D eigenvalue weighted by Gasteiger charge is 2.56. The van der Waals surface area contributed by atoms with Crippen molar-refractivity contribution in [2.75, 3.05) is 14.2 Å². The van der Waals surface area contributed by atoms with Crippen molar-refractivity contribution >= 4 is 33.7 Å². The summed E-state index contributed by atoms with van der Waals surface area (Å²) in [7, 11) is 2.40. The Morgan fingerprint density at radius 2 is 1.71 bits per heavy atom. The summed E-state index contributed by atoms with van der Waals surface area (Å²) in [5.41, 5.74) is -1.04. The second-order valence-corrected chi connectivity index (χ2v) is 6.99. The Kier molecular flexibility index (Phi) is 5.45. The fourth-order valence-corrected chi connectivity index (χ4v) is 3.62. The molecule has 4 atom stereocenters. The van der Waals surface area contributed by atoms with Gasteiger partial charge in [0.1, 0.15) is 5.92 Å². The Bertz CT molecular complexity index is 652. The van der Waals surface area contributed by atoms with Crippen molar-refractivity contribution in [2.45, 2.75) is 24.9 Å². The van der Waals surface area contributed by atoms with Gasteiger partial charge in [0.05, 0.1) is 25.7 Å². The van der Waals surface area contributed by atoms with Crippen LogP contribution in [0.1, 0.15) is 24.8 Å². The minimum atomic E-state index is -1.62. The van der Waals surface area contributed by atoms with E-state index in [-0.39, 0.29) is 6.42 Å². The van der Waals surface area contributed by atoms with Gasteiger partial charge in [-0.1, -0.05) is 28.1 Å². The number of carbonyl (C=O) groups excluding carboxylic acids is 3. The van der Waals surface area contributed by atoms with Crippen LogP contribution in [-0.2, 0) is 23.9 Å². The number of halogens is 1. The minimum absolute atomic E-state index is 0.320. The molecule has 1 aliphatic carbocycles. The van der Waals surface area contributed by atoms with Crippen LogP contribution in [0.2, 0.25) is 0 Å². The summed E-state index contributed by atoms with van der Waals surface area (Å²) in [5.74, 6) is -4.95. The fraction of sp³-hybridized carbons (Fsp3) is 0.471. The van der Waals surface area contributed by atoms with Gasteiger partial charge in [-0.3, -0.25) is 14.4 Å². The second-order valence-electron chi connectivity index (χ2n) is 6.08. The number of aliphatic hydroxyl groups is 1. The Labute approximate surface area is 148 Å². The lowest BCUT2D eigenvalue weighted by molar-refractivity contribution is -0.170. The highest BCUT2D eigenvalue weighted by atomic mass is 79.9. The van der Waals surface area contributed by atoms with Gasteiger partial charge in [-0.15, -0.1) is 0 Å². The number of benzene rings is 1. The van der Waals surface area contributed by atoms with Crippen molar-refractivity contribution in [3.05, 3.63) is 34.3 Å². The Morgan fingerprint density at radius 1 is 1.17 bits per heavy atom. The molecule has 0 aromatic heterocycles. The molecular formula is C17H19BrO6. The van der Waals surface area contributed by atoms with Crippen molar-refractivity contribution < 1.29 is 29.0 Å². The van der Waals surface area contributed by atoms with E-state index in [2.05, 4.69) is 15.9 Å². The topological polar surface area (TPSA) is 89.9 Å². The van der Waals surface area contributed by atoms with E-state index in [1.54, 1.807) is 24.3 Å². The molecule has 6 nitrogen and oxygen atoms in total. The third kappa shape index (κ3) is 3.37. The Morgan fingerprint density at radius 3 is 2.21 bits per heavy atom. The molecule has 0 spiro atoms. The molecule has 0 bridgehead atoms. The summed E-state index contributed by atoms with van der Waals surface area (Å²) < 4.78 is 10.4. The lowest BCUT2D eigenvalue weighted by Crippen LogP contribution is -2.55. The van der Waals surface area contributed by atoms with Crippen LogP contribution in [0.15, 0.2) is 28.7 Å². The molecule has 0 unspecified atom stereocenters. The van der Waals surface area contributed by atoms with Crippen molar-refractivity contribution in [1.29, 1.82) is 0 Å². The van der Waals surface area contributed by atoms with E-state index >= 15 is 0 Å². The molecule has 0 heterocycles. The number of carbonyl (C=O) groups is 3. The zero-order valence-electron chi connectivity index (χ0n) is 13.6. The largest absolute Gasteiger partial charge is 0.469 e. The van der Waals surface area contributed by atoms with E-state index in [0.29, 0.717) is 5.56 Å². The zero-order valence-corrected chi connectivity index (χ0v) is 15.2. The molecule has 1 aliphatic rings. The molecule has 1 aromatic rings. The normalized spacial score (nSPS) is 29.9. The highest BCUT2D eigenvalue weighted by Crippen LogP contribution is 2.46. The van der Waals surface area contributed by atoms with E-state index in [1.807, 2.05) is 0 Å². The summed E-state index contributed by atoms with van der Waals surface area (Å²) in [5, 5.41) is 10.7. The molecule has 0 aliphatic heterocycles. The molecule has 0 radical (unpaired) electrons. The van der Waals surface area contributed by atoms with Crippen LogP contribution >= 0.6 is 15.9 Å². The van der Waals surface area contributed by atoms with E-state index in [9.17, 15) is 19.5 Å². The van der Waals surface area contributed by atoms with Crippen LogP contribution < -0.4 is 0 Å². The van der Waals surface area contributed by atoms with Gasteiger partial charge in [0.15, 0.2) is 5.78 Å². The fourth-order valence-electron chi connectivity index (χ4n) is 3.35. The summed E-state index contributed by atoms with van der Waals surface area (Å²) >= 11 is 3.32. The number of Topliss-reactive ketones (excluding diaryl/α,β-unsaturated/α-hetero) is 1. The first-order valence-electron chi connectivity index (χ1n) is 7.39. The summed E-state index contributed by atoms with van der Waals surface area (Å²) in [6, 6.07) is 6.89. The number of ether oxygens (including phenoxy) is 2. The minimum Gasteiger partial charge on any atom is -0.469 e. The molecule has 1 saturated carbocycles. The molecule has 1 aromatic carbocycles. The predicted octanol–water partition coefficient (Wildman–Crippen LogP) is 1.83. The van der Waals surface area contributed by atoms with Crippen LogP contribution in [0.5, 0.6) is 0 Å². The maximum atomic E-state index is 12.5. The average molecular weight is 399 g/mol. The van der Waals surface area contributed by atoms with Gasteiger partial charge in [0, 0.05) is 16.8 Å². The van der Waals surface area contributed by atoms with Crippen molar-refractivity contribution in [3.8, 4) is 0 Å². The summed E-state index contributed by atoms with van der Waals surface area (Å²) in [6.45, 7) is 1.41. The number of ketones is 1. The van der Waals surface area contributed by atoms with Gasteiger partial charge in [0.2, 0.25) is 0 Å². The highest BCUT2D eigenvalue weighted by molar-refractivity contribution is 9.10. The van der Waals surface area contributed by atoms with Crippen molar-refractivity contribution in [2.24, 2.45) is 11.8 Å².